The Hall–Kier alpha value is -1.52. The van der Waals surface area contributed by atoms with Crippen molar-refractivity contribution in [3.8, 4) is 0 Å². The molecular weight excluding hydrogens is 309 g/mol. The number of carbonyl (C=O) groups is 1. The van der Waals surface area contributed by atoms with Crippen LogP contribution in [-0.2, 0) is 4.79 Å². The number of halogens is 2. The first-order valence-electron chi connectivity index (χ1n) is 6.40. The minimum absolute atomic E-state index is 0.173. The lowest BCUT2D eigenvalue weighted by Crippen LogP contribution is -2.14. The molecule has 2 aromatic carbocycles. The number of amides is 1. The first-order valence-corrected chi connectivity index (χ1v) is 7.77. The molecule has 2 nitrogen and oxygen atoms in total. The van der Waals surface area contributed by atoms with Crippen molar-refractivity contribution < 1.29 is 9.18 Å². The Kier molecular flexibility index (Phi) is 5.26. The molecule has 0 heterocycles. The summed E-state index contributed by atoms with van der Waals surface area (Å²) in [6.45, 7) is 4.05. The zero-order valence-corrected chi connectivity index (χ0v) is 13.3. The van der Waals surface area contributed by atoms with Crippen LogP contribution in [0.15, 0.2) is 41.3 Å². The maximum atomic E-state index is 12.9. The molecule has 0 fully saturated rings. The van der Waals surface area contributed by atoms with Crippen LogP contribution in [0.25, 0.3) is 0 Å². The Labute approximate surface area is 132 Å². The largest absolute Gasteiger partial charge is 0.324 e. The van der Waals surface area contributed by atoms with E-state index in [1.165, 1.54) is 35.5 Å². The Balaban J connectivity index is 1.96. The van der Waals surface area contributed by atoms with Gasteiger partial charge < -0.3 is 5.32 Å². The fourth-order valence-electron chi connectivity index (χ4n) is 1.88. The highest BCUT2D eigenvalue weighted by Crippen LogP contribution is 2.25. The van der Waals surface area contributed by atoms with Crippen LogP contribution in [-0.4, -0.2) is 11.7 Å². The highest BCUT2D eigenvalue weighted by molar-refractivity contribution is 8.00. The molecule has 5 heteroatoms. The summed E-state index contributed by atoms with van der Waals surface area (Å²) in [6.07, 6.45) is 0. The van der Waals surface area contributed by atoms with Gasteiger partial charge in [0.25, 0.3) is 0 Å². The third-order valence-electron chi connectivity index (χ3n) is 2.89. The molecule has 0 saturated carbocycles. The van der Waals surface area contributed by atoms with Crippen LogP contribution in [0.4, 0.5) is 10.1 Å². The van der Waals surface area contributed by atoms with E-state index < -0.39 is 5.82 Å². The Morgan fingerprint density at radius 1 is 1.24 bits per heavy atom. The molecule has 0 aliphatic heterocycles. The van der Waals surface area contributed by atoms with E-state index >= 15 is 0 Å². The number of aryl methyl sites for hydroxylation is 2. The van der Waals surface area contributed by atoms with Crippen molar-refractivity contribution in [2.45, 2.75) is 18.7 Å². The number of anilines is 1. The number of carbonyl (C=O) groups excluding carboxylic acids is 1. The number of benzene rings is 2. The SMILES string of the molecule is Cc1ccc(SCC(=O)Nc2ccc(F)cc2Cl)c(C)c1. The maximum Gasteiger partial charge on any atom is 0.234 e. The van der Waals surface area contributed by atoms with E-state index in [0.717, 1.165) is 10.5 Å². The second-order valence-corrected chi connectivity index (χ2v) is 6.15. The van der Waals surface area contributed by atoms with Crippen molar-refractivity contribution in [1.29, 1.82) is 0 Å². The van der Waals surface area contributed by atoms with Crippen molar-refractivity contribution in [2.24, 2.45) is 0 Å². The summed E-state index contributed by atoms with van der Waals surface area (Å²) in [5.41, 5.74) is 2.76. The zero-order chi connectivity index (χ0) is 15.4. The molecule has 2 rings (SSSR count). The van der Waals surface area contributed by atoms with Crippen molar-refractivity contribution in [1.82, 2.24) is 0 Å². The summed E-state index contributed by atoms with van der Waals surface area (Å²) >= 11 is 7.33. The van der Waals surface area contributed by atoms with Gasteiger partial charge in [0, 0.05) is 4.90 Å². The number of thioether (sulfide) groups is 1. The molecule has 0 saturated heterocycles. The molecular formula is C16H15ClFNOS. The minimum atomic E-state index is -0.428. The molecule has 0 aliphatic rings. The number of nitrogens with one attached hydrogen (secondary N) is 1. The van der Waals surface area contributed by atoms with Crippen LogP contribution in [0.5, 0.6) is 0 Å². The highest BCUT2D eigenvalue weighted by atomic mass is 35.5. The summed E-state index contributed by atoms with van der Waals surface area (Å²) in [7, 11) is 0. The third-order valence-corrected chi connectivity index (χ3v) is 4.38. The second-order valence-electron chi connectivity index (χ2n) is 4.73. The van der Waals surface area contributed by atoms with Gasteiger partial charge in [0.15, 0.2) is 0 Å². The molecule has 1 amide bonds. The summed E-state index contributed by atoms with van der Waals surface area (Å²) in [6, 6.07) is 10.00. The number of hydrogen-bond donors (Lipinski definition) is 1. The van der Waals surface area contributed by atoms with Gasteiger partial charge in [-0.2, -0.15) is 0 Å². The fourth-order valence-corrected chi connectivity index (χ4v) is 2.91. The van der Waals surface area contributed by atoms with Crippen LogP contribution in [0, 0.1) is 19.7 Å². The van der Waals surface area contributed by atoms with E-state index in [-0.39, 0.29) is 16.7 Å². The summed E-state index contributed by atoms with van der Waals surface area (Å²) < 4.78 is 12.9. The van der Waals surface area contributed by atoms with Crippen molar-refractivity contribution in [2.75, 3.05) is 11.1 Å². The van der Waals surface area contributed by atoms with Crippen LogP contribution in [0.1, 0.15) is 11.1 Å². The smallest absolute Gasteiger partial charge is 0.234 e. The van der Waals surface area contributed by atoms with E-state index in [9.17, 15) is 9.18 Å². The fraction of sp³-hybridized carbons (Fsp3) is 0.188. The second kappa shape index (κ2) is 6.96. The predicted molar refractivity (Wildman–Crippen MR) is 86.7 cm³/mol. The van der Waals surface area contributed by atoms with E-state index in [1.54, 1.807) is 0 Å². The van der Waals surface area contributed by atoms with Crippen molar-refractivity contribution in [3.05, 3.63) is 58.4 Å². The minimum Gasteiger partial charge on any atom is -0.324 e. The van der Waals surface area contributed by atoms with Gasteiger partial charge in [-0.05, 0) is 43.7 Å². The van der Waals surface area contributed by atoms with Crippen LogP contribution in [0.2, 0.25) is 5.02 Å². The molecule has 0 aliphatic carbocycles. The molecule has 0 spiro atoms. The zero-order valence-electron chi connectivity index (χ0n) is 11.7. The summed E-state index contributed by atoms with van der Waals surface area (Å²) in [4.78, 5) is 13.0. The van der Waals surface area contributed by atoms with Gasteiger partial charge in [-0.15, -0.1) is 11.8 Å². The first-order chi connectivity index (χ1) is 9.95. The summed E-state index contributed by atoms with van der Waals surface area (Å²) in [5, 5.41) is 2.87. The van der Waals surface area contributed by atoms with Gasteiger partial charge in [-0.3, -0.25) is 4.79 Å². The van der Waals surface area contributed by atoms with Gasteiger partial charge in [0.05, 0.1) is 16.5 Å². The molecule has 0 atom stereocenters. The highest BCUT2D eigenvalue weighted by Gasteiger charge is 2.08. The average Bonchev–Trinajstić information content (AvgIpc) is 2.41. The Morgan fingerprint density at radius 2 is 2.00 bits per heavy atom. The molecule has 0 unspecified atom stereocenters. The van der Waals surface area contributed by atoms with Gasteiger partial charge >= 0.3 is 0 Å². The van der Waals surface area contributed by atoms with E-state index in [4.69, 9.17) is 11.6 Å². The molecule has 1 N–H and O–H groups in total. The predicted octanol–water partition coefficient (Wildman–Crippen LogP) is 4.83. The average molecular weight is 324 g/mol. The van der Waals surface area contributed by atoms with Crippen molar-refractivity contribution >= 4 is 35.0 Å². The molecule has 2 aromatic rings. The lowest BCUT2D eigenvalue weighted by Gasteiger charge is -2.09. The topological polar surface area (TPSA) is 29.1 Å². The Bertz CT molecular complexity index is 675. The van der Waals surface area contributed by atoms with Crippen LogP contribution in [0.3, 0.4) is 0 Å². The number of hydrogen-bond acceptors (Lipinski definition) is 2. The molecule has 0 radical (unpaired) electrons. The Morgan fingerprint density at radius 3 is 2.67 bits per heavy atom. The van der Waals surface area contributed by atoms with Gasteiger partial charge in [-0.1, -0.05) is 29.3 Å². The molecule has 0 aromatic heterocycles. The van der Waals surface area contributed by atoms with Gasteiger partial charge in [-0.25, -0.2) is 4.39 Å². The third kappa shape index (κ3) is 4.48. The lowest BCUT2D eigenvalue weighted by atomic mass is 10.2. The lowest BCUT2D eigenvalue weighted by molar-refractivity contribution is -0.113. The maximum absolute atomic E-state index is 12.9. The van der Waals surface area contributed by atoms with Crippen LogP contribution < -0.4 is 5.32 Å². The normalized spacial score (nSPS) is 10.5. The number of rotatable bonds is 4. The monoisotopic (exact) mass is 323 g/mol. The van der Waals surface area contributed by atoms with E-state index in [0.29, 0.717) is 5.69 Å². The van der Waals surface area contributed by atoms with Gasteiger partial charge in [0.2, 0.25) is 5.91 Å². The standard InChI is InChI=1S/C16H15ClFNOS/c1-10-3-6-15(11(2)7-10)21-9-16(20)19-14-5-4-12(18)8-13(14)17/h3-8H,9H2,1-2H3,(H,19,20). The summed E-state index contributed by atoms with van der Waals surface area (Å²) in [5.74, 6) is -0.325. The van der Waals surface area contributed by atoms with Crippen molar-refractivity contribution in [3.63, 3.8) is 0 Å². The van der Waals surface area contributed by atoms with Crippen LogP contribution >= 0.6 is 23.4 Å². The quantitative estimate of drug-likeness (QED) is 0.817. The van der Waals surface area contributed by atoms with E-state index in [2.05, 4.69) is 11.4 Å². The molecule has 0 bridgehead atoms. The van der Waals surface area contributed by atoms with Gasteiger partial charge in [0.1, 0.15) is 5.82 Å². The molecule has 21 heavy (non-hydrogen) atoms. The first kappa shape index (κ1) is 15.9. The van der Waals surface area contributed by atoms with E-state index in [1.807, 2.05) is 26.0 Å². The molecule has 110 valence electrons.